The highest BCUT2D eigenvalue weighted by molar-refractivity contribution is 6.18. The van der Waals surface area contributed by atoms with Gasteiger partial charge in [-0.15, -0.1) is 11.6 Å². The van der Waals surface area contributed by atoms with E-state index in [9.17, 15) is 14.7 Å². The molecular weight excluding hydrogens is 308 g/mol. The zero-order valence-corrected chi connectivity index (χ0v) is 12.9. The fraction of sp³-hybridized carbons (Fsp3) is 0.467. The monoisotopic (exact) mass is 326 g/mol. The van der Waals surface area contributed by atoms with Crippen LogP contribution in [0.25, 0.3) is 0 Å². The van der Waals surface area contributed by atoms with Gasteiger partial charge in [0.15, 0.2) is 0 Å². The van der Waals surface area contributed by atoms with Crippen molar-refractivity contribution in [2.24, 2.45) is 0 Å². The van der Waals surface area contributed by atoms with E-state index in [-0.39, 0.29) is 36.3 Å². The molecule has 1 aliphatic heterocycles. The second kappa shape index (κ2) is 7.89. The SMILES string of the molecule is O=C(NC1CCN(C(=O)OCCCl)CC1)c1cccc(O)c1. The van der Waals surface area contributed by atoms with Crippen LogP contribution in [0.3, 0.4) is 0 Å². The van der Waals surface area contributed by atoms with Crippen molar-refractivity contribution in [1.82, 2.24) is 10.2 Å². The molecule has 0 atom stereocenters. The van der Waals surface area contributed by atoms with Crippen LogP contribution in [-0.4, -0.2) is 53.6 Å². The van der Waals surface area contributed by atoms with Gasteiger partial charge >= 0.3 is 6.09 Å². The lowest BCUT2D eigenvalue weighted by Crippen LogP contribution is -2.46. The molecule has 1 saturated heterocycles. The Bertz CT molecular complexity index is 530. The largest absolute Gasteiger partial charge is 0.508 e. The number of carbonyl (C=O) groups excluding carboxylic acids is 2. The number of hydrogen-bond acceptors (Lipinski definition) is 4. The van der Waals surface area contributed by atoms with E-state index in [1.54, 1.807) is 17.0 Å². The molecule has 0 aliphatic carbocycles. The highest BCUT2D eigenvalue weighted by atomic mass is 35.5. The first-order chi connectivity index (χ1) is 10.6. The van der Waals surface area contributed by atoms with Gasteiger partial charge in [-0.3, -0.25) is 4.79 Å². The van der Waals surface area contributed by atoms with Crippen LogP contribution in [0.15, 0.2) is 24.3 Å². The number of carbonyl (C=O) groups is 2. The molecule has 7 heteroatoms. The Kier molecular flexibility index (Phi) is 5.89. The number of phenols is 1. The Morgan fingerprint density at radius 1 is 1.36 bits per heavy atom. The van der Waals surface area contributed by atoms with Crippen molar-refractivity contribution in [1.29, 1.82) is 0 Å². The molecule has 120 valence electrons. The molecular formula is C15H19ClN2O4. The third-order valence-corrected chi connectivity index (χ3v) is 3.65. The third kappa shape index (κ3) is 4.53. The average molecular weight is 327 g/mol. The third-order valence-electron chi connectivity index (χ3n) is 3.50. The number of nitrogens with zero attached hydrogens (tertiary/aromatic N) is 1. The van der Waals surface area contributed by atoms with Gasteiger partial charge in [-0.2, -0.15) is 0 Å². The van der Waals surface area contributed by atoms with E-state index in [0.29, 0.717) is 31.5 Å². The molecule has 2 rings (SSSR count). The highest BCUT2D eigenvalue weighted by Crippen LogP contribution is 2.14. The molecule has 1 fully saturated rings. The molecule has 6 nitrogen and oxygen atoms in total. The molecule has 0 aromatic heterocycles. The lowest BCUT2D eigenvalue weighted by atomic mass is 10.0. The van der Waals surface area contributed by atoms with E-state index < -0.39 is 0 Å². The molecule has 2 amide bonds. The zero-order valence-electron chi connectivity index (χ0n) is 12.1. The number of nitrogens with one attached hydrogen (secondary N) is 1. The molecule has 1 aliphatic rings. The van der Waals surface area contributed by atoms with Crippen molar-refractivity contribution >= 4 is 23.6 Å². The summed E-state index contributed by atoms with van der Waals surface area (Å²) < 4.78 is 4.97. The fourth-order valence-corrected chi connectivity index (χ4v) is 2.42. The first-order valence-electron chi connectivity index (χ1n) is 7.17. The number of halogens is 1. The number of benzene rings is 1. The molecule has 0 radical (unpaired) electrons. The van der Waals surface area contributed by atoms with Crippen LogP contribution < -0.4 is 5.32 Å². The Labute approximate surface area is 134 Å². The van der Waals surface area contributed by atoms with Crippen LogP contribution in [-0.2, 0) is 4.74 Å². The summed E-state index contributed by atoms with van der Waals surface area (Å²) in [6, 6.07) is 6.22. The number of alkyl halides is 1. The van der Waals surface area contributed by atoms with Gasteiger partial charge in [-0.25, -0.2) is 4.79 Å². The van der Waals surface area contributed by atoms with E-state index >= 15 is 0 Å². The van der Waals surface area contributed by atoms with Crippen molar-refractivity contribution < 1.29 is 19.4 Å². The minimum Gasteiger partial charge on any atom is -0.508 e. The Morgan fingerprint density at radius 2 is 2.09 bits per heavy atom. The number of piperidine rings is 1. The van der Waals surface area contributed by atoms with E-state index in [1.165, 1.54) is 12.1 Å². The molecule has 1 heterocycles. The Hall–Kier alpha value is -1.95. The minimum absolute atomic E-state index is 0.00641. The van der Waals surface area contributed by atoms with E-state index in [0.717, 1.165) is 0 Å². The Balaban J connectivity index is 1.80. The van der Waals surface area contributed by atoms with E-state index in [4.69, 9.17) is 16.3 Å². The number of aromatic hydroxyl groups is 1. The molecule has 1 aromatic carbocycles. The van der Waals surface area contributed by atoms with Crippen LogP contribution in [0.1, 0.15) is 23.2 Å². The van der Waals surface area contributed by atoms with Crippen LogP contribution in [0.5, 0.6) is 5.75 Å². The second-order valence-corrected chi connectivity index (χ2v) is 5.47. The number of amides is 2. The summed E-state index contributed by atoms with van der Waals surface area (Å²) in [6.07, 6.45) is 0.972. The van der Waals surface area contributed by atoms with Crippen LogP contribution in [0.4, 0.5) is 4.79 Å². The van der Waals surface area contributed by atoms with Gasteiger partial charge in [0.25, 0.3) is 5.91 Å². The maximum absolute atomic E-state index is 12.1. The number of hydrogen-bond donors (Lipinski definition) is 2. The number of rotatable bonds is 4. The molecule has 0 saturated carbocycles. The lowest BCUT2D eigenvalue weighted by molar-refractivity contribution is 0.0861. The normalized spacial score (nSPS) is 15.4. The van der Waals surface area contributed by atoms with Gasteiger partial charge in [-0.1, -0.05) is 6.07 Å². The van der Waals surface area contributed by atoms with Gasteiger partial charge < -0.3 is 20.1 Å². The first-order valence-corrected chi connectivity index (χ1v) is 7.71. The van der Waals surface area contributed by atoms with Crippen molar-refractivity contribution in [3.05, 3.63) is 29.8 Å². The minimum atomic E-state index is -0.363. The molecule has 0 bridgehead atoms. The number of ether oxygens (including phenoxy) is 1. The first kappa shape index (κ1) is 16.4. The summed E-state index contributed by atoms with van der Waals surface area (Å²) in [7, 11) is 0. The van der Waals surface area contributed by atoms with E-state index in [1.807, 2.05) is 0 Å². The van der Waals surface area contributed by atoms with Crippen LogP contribution >= 0.6 is 11.6 Å². The summed E-state index contributed by atoms with van der Waals surface area (Å²) >= 11 is 5.47. The van der Waals surface area contributed by atoms with Gasteiger partial charge in [-0.05, 0) is 31.0 Å². The molecule has 1 aromatic rings. The quantitative estimate of drug-likeness (QED) is 0.829. The van der Waals surface area contributed by atoms with E-state index in [2.05, 4.69) is 5.32 Å². The molecule has 0 unspecified atom stereocenters. The standard InChI is InChI=1S/C15H19ClN2O4/c16-6-9-22-15(21)18-7-4-12(5-8-18)17-14(20)11-2-1-3-13(19)10-11/h1-3,10,12,19H,4-9H2,(H,17,20). The maximum atomic E-state index is 12.1. The molecule has 22 heavy (non-hydrogen) atoms. The predicted octanol–water partition coefficient (Wildman–Crippen LogP) is 1.96. The topological polar surface area (TPSA) is 78.9 Å². The highest BCUT2D eigenvalue weighted by Gasteiger charge is 2.24. The van der Waals surface area contributed by atoms with Crippen molar-refractivity contribution in [2.75, 3.05) is 25.6 Å². The fourth-order valence-electron chi connectivity index (χ4n) is 2.34. The van der Waals surface area contributed by atoms with Crippen molar-refractivity contribution in [3.63, 3.8) is 0 Å². The molecule has 0 spiro atoms. The summed E-state index contributed by atoms with van der Waals surface area (Å²) in [5.74, 6) is 0.117. The zero-order chi connectivity index (χ0) is 15.9. The average Bonchev–Trinajstić information content (AvgIpc) is 2.53. The van der Waals surface area contributed by atoms with Crippen molar-refractivity contribution in [3.8, 4) is 5.75 Å². The van der Waals surface area contributed by atoms with Crippen LogP contribution in [0.2, 0.25) is 0 Å². The predicted molar refractivity (Wildman–Crippen MR) is 82.2 cm³/mol. The molecule has 2 N–H and O–H groups in total. The maximum Gasteiger partial charge on any atom is 0.409 e. The van der Waals surface area contributed by atoms with Gasteiger partial charge in [0.2, 0.25) is 0 Å². The van der Waals surface area contributed by atoms with Gasteiger partial charge in [0, 0.05) is 24.7 Å². The summed E-state index contributed by atoms with van der Waals surface area (Å²) in [4.78, 5) is 25.4. The smallest absolute Gasteiger partial charge is 0.409 e. The summed E-state index contributed by atoms with van der Waals surface area (Å²) in [5.41, 5.74) is 0.420. The second-order valence-electron chi connectivity index (χ2n) is 5.09. The van der Waals surface area contributed by atoms with Gasteiger partial charge in [0.1, 0.15) is 12.4 Å². The Morgan fingerprint density at radius 3 is 2.73 bits per heavy atom. The number of likely N-dealkylation sites (tertiary alicyclic amines) is 1. The lowest BCUT2D eigenvalue weighted by Gasteiger charge is -2.31. The summed E-state index contributed by atoms with van der Waals surface area (Å²) in [5, 5.41) is 12.3. The van der Waals surface area contributed by atoms with Gasteiger partial charge in [0.05, 0.1) is 5.88 Å². The number of phenolic OH excluding ortho intramolecular Hbond substituents is 1. The van der Waals surface area contributed by atoms with Crippen LogP contribution in [0, 0.1) is 0 Å². The summed E-state index contributed by atoms with van der Waals surface area (Å²) in [6.45, 7) is 1.27. The van der Waals surface area contributed by atoms with Crippen molar-refractivity contribution in [2.45, 2.75) is 18.9 Å².